The summed E-state index contributed by atoms with van der Waals surface area (Å²) < 4.78 is 10.4. The van der Waals surface area contributed by atoms with E-state index in [1.54, 1.807) is 6.20 Å². The molecule has 0 aliphatic rings. The molecule has 7 aromatic heterocycles. The topological polar surface area (TPSA) is 74.6 Å². The Morgan fingerprint density at radius 1 is 0.492 bits per heavy atom. The molecule has 12 aromatic rings. The molecule has 65 heavy (non-hydrogen) atoms. The molecule has 12 rings (SSSR count). The van der Waals surface area contributed by atoms with Gasteiger partial charge in [0.05, 0.1) is 5.58 Å². The van der Waals surface area contributed by atoms with Gasteiger partial charge in [0.2, 0.25) is 5.71 Å². The third-order valence-corrected chi connectivity index (χ3v) is 12.1. The van der Waals surface area contributed by atoms with Crippen molar-refractivity contribution in [2.24, 2.45) is 0 Å². The Morgan fingerprint density at radius 3 is 1.65 bits per heavy atom. The molecule has 0 saturated carbocycles. The van der Waals surface area contributed by atoms with E-state index in [-0.39, 0.29) is 20.1 Å². The molecule has 0 spiro atoms. The van der Waals surface area contributed by atoms with Crippen LogP contribution in [0.4, 0.5) is 0 Å². The van der Waals surface area contributed by atoms with E-state index in [0.717, 1.165) is 68.8 Å². The van der Waals surface area contributed by atoms with E-state index in [1.165, 1.54) is 69.4 Å². The van der Waals surface area contributed by atoms with Crippen molar-refractivity contribution in [3.8, 4) is 22.9 Å². The van der Waals surface area contributed by atoms with Crippen LogP contribution >= 0.6 is 0 Å². The number of hydrogen-bond donors (Lipinski definition) is 0. The second kappa shape index (κ2) is 18.5. The Morgan fingerprint density at radius 2 is 1.08 bits per heavy atom. The van der Waals surface area contributed by atoms with Crippen LogP contribution < -0.4 is 0 Å². The monoisotopic (exact) mass is 1020 g/mol. The second-order valence-corrected chi connectivity index (χ2v) is 16.3. The SMILES string of the molecule is Cc1ccc2c(n1)oc1c(-c3ccccn3)[c-]ccc12.[Ir+3].[c-]1cccc2c3ccccc3n(-c3ccc(CCCCCCc4ccc(-n5c6[c-]cccc6c6ccccc65)nc4)cn3)c12. The van der Waals surface area contributed by atoms with Gasteiger partial charge in [-0.05, 0) is 103 Å². The van der Waals surface area contributed by atoms with Crippen molar-refractivity contribution < 1.29 is 24.5 Å². The molecule has 0 aliphatic carbocycles. The minimum absolute atomic E-state index is 0. The van der Waals surface area contributed by atoms with Crippen molar-refractivity contribution in [1.29, 1.82) is 0 Å². The molecule has 0 N–H and O–H groups in total. The van der Waals surface area contributed by atoms with Crippen LogP contribution in [0, 0.1) is 25.1 Å². The van der Waals surface area contributed by atoms with Gasteiger partial charge < -0.3 is 18.5 Å². The number of aryl methyl sites for hydroxylation is 3. The Kier molecular flexibility index (Phi) is 11.9. The quantitative estimate of drug-likeness (QED) is 0.101. The van der Waals surface area contributed by atoms with Crippen LogP contribution in [0.3, 0.4) is 0 Å². The zero-order chi connectivity index (χ0) is 42.8. The molecule has 0 radical (unpaired) electrons. The predicted octanol–water partition coefficient (Wildman–Crippen LogP) is 13.8. The number of nitrogens with zero attached hydrogens (tertiary/aromatic N) is 6. The molecule has 7 heterocycles. The third kappa shape index (κ3) is 8.12. The number of aromatic nitrogens is 6. The average molecular weight is 1020 g/mol. The molecule has 0 amide bonds. The van der Waals surface area contributed by atoms with Crippen molar-refractivity contribution in [2.45, 2.75) is 45.4 Å². The van der Waals surface area contributed by atoms with Gasteiger partial charge in [0.1, 0.15) is 11.6 Å². The van der Waals surface area contributed by atoms with E-state index in [1.807, 2.05) is 73.9 Å². The number of pyridine rings is 4. The fourth-order valence-electron chi connectivity index (χ4n) is 8.99. The summed E-state index contributed by atoms with van der Waals surface area (Å²) in [4.78, 5) is 18.6. The molecule has 0 bridgehead atoms. The van der Waals surface area contributed by atoms with Crippen LogP contribution in [0.2, 0.25) is 0 Å². The largest absolute Gasteiger partial charge is 3.00 e. The predicted molar refractivity (Wildman–Crippen MR) is 259 cm³/mol. The molecule has 0 atom stereocenters. The van der Waals surface area contributed by atoms with Crippen molar-refractivity contribution in [3.63, 3.8) is 0 Å². The summed E-state index contributed by atoms with van der Waals surface area (Å²) >= 11 is 0. The smallest absolute Gasteiger partial charge is 0.486 e. The number of rotatable bonds is 10. The third-order valence-electron chi connectivity index (χ3n) is 12.1. The van der Waals surface area contributed by atoms with Gasteiger partial charge in [-0.3, -0.25) is 0 Å². The number of para-hydroxylation sites is 4. The number of furan rings is 1. The summed E-state index contributed by atoms with van der Waals surface area (Å²) in [5, 5.41) is 6.96. The maximum Gasteiger partial charge on any atom is 3.00 e. The number of unbranched alkanes of at least 4 members (excludes halogenated alkanes) is 3. The molecule has 0 fully saturated rings. The Balaban J connectivity index is 0.000000198. The Labute approximate surface area is 390 Å². The summed E-state index contributed by atoms with van der Waals surface area (Å²) in [7, 11) is 0. The normalized spacial score (nSPS) is 11.4. The van der Waals surface area contributed by atoms with E-state index in [2.05, 4.69) is 134 Å². The minimum atomic E-state index is 0. The maximum atomic E-state index is 5.94. The van der Waals surface area contributed by atoms with E-state index in [0.29, 0.717) is 5.71 Å². The van der Waals surface area contributed by atoms with Crippen LogP contribution in [0.25, 0.3) is 88.6 Å². The van der Waals surface area contributed by atoms with Crippen molar-refractivity contribution in [1.82, 2.24) is 29.1 Å². The second-order valence-electron chi connectivity index (χ2n) is 16.3. The van der Waals surface area contributed by atoms with Crippen molar-refractivity contribution in [3.05, 3.63) is 205 Å². The molecule has 7 nitrogen and oxygen atoms in total. The summed E-state index contributed by atoms with van der Waals surface area (Å²) in [6.45, 7) is 1.96. The van der Waals surface area contributed by atoms with Gasteiger partial charge in [0.25, 0.3) is 0 Å². The van der Waals surface area contributed by atoms with Gasteiger partial charge in [-0.1, -0.05) is 95.5 Å². The van der Waals surface area contributed by atoms with Crippen LogP contribution in [-0.2, 0) is 32.9 Å². The first-order valence-corrected chi connectivity index (χ1v) is 22.0. The Hall–Kier alpha value is -7.25. The molecule has 316 valence electrons. The zero-order valence-electron chi connectivity index (χ0n) is 35.8. The zero-order valence-corrected chi connectivity index (χ0v) is 38.2. The van der Waals surface area contributed by atoms with Gasteiger partial charge in [-0.15, -0.1) is 29.0 Å². The van der Waals surface area contributed by atoms with Crippen molar-refractivity contribution in [2.75, 3.05) is 0 Å². The molecule has 0 unspecified atom stereocenters. The van der Waals surface area contributed by atoms with Gasteiger partial charge in [-0.25, -0.2) is 15.0 Å². The van der Waals surface area contributed by atoms with Gasteiger partial charge in [0.15, 0.2) is 0 Å². The summed E-state index contributed by atoms with van der Waals surface area (Å²) in [6, 6.07) is 62.0. The van der Waals surface area contributed by atoms with Gasteiger partial charge >= 0.3 is 20.1 Å². The van der Waals surface area contributed by atoms with Crippen LogP contribution in [0.5, 0.6) is 0 Å². The molecular formula is C57H43IrN6O. The van der Waals surface area contributed by atoms with E-state index >= 15 is 0 Å². The fraction of sp³-hybridized carbons (Fsp3) is 0.123. The molecule has 5 aromatic carbocycles. The van der Waals surface area contributed by atoms with Crippen LogP contribution in [0.15, 0.2) is 175 Å². The minimum Gasteiger partial charge on any atom is -0.486 e. The summed E-state index contributed by atoms with van der Waals surface area (Å²) in [6.07, 6.45) is 12.7. The number of fused-ring (bicyclic) bond motifs is 9. The number of hydrogen-bond acceptors (Lipinski definition) is 5. The first kappa shape index (κ1) is 41.7. The molecule has 0 saturated heterocycles. The standard InChI is InChI=1S/C40H32N4.C17H11N2O.Ir/c1(3-13-29-23-25-39(41-27-29)43-35-19-9-5-15-31(35)32-16-6-10-20-36(32)43)2-4-14-30-24-26-40(42-28-30)44-37-21-11-7-17-33(37)34-18-8-12-22-38(34)44;1-11-8-9-13-12-5-4-6-14(15-7-2-3-10-18-15)16(12)20-17(13)19-11;/h5-12,15-19,21,23-28H,1-4,13-14H2;2-5,7-10H,1H3;/q-2;-1;+3. The maximum absolute atomic E-state index is 5.94. The first-order chi connectivity index (χ1) is 31.7. The fourth-order valence-corrected chi connectivity index (χ4v) is 8.99. The molecular weight excluding hydrogens is 977 g/mol. The first-order valence-electron chi connectivity index (χ1n) is 22.0. The van der Waals surface area contributed by atoms with Crippen LogP contribution in [0.1, 0.15) is 42.5 Å². The average Bonchev–Trinajstić information content (AvgIpc) is 4.01. The summed E-state index contributed by atoms with van der Waals surface area (Å²) in [5.74, 6) is 1.89. The molecule has 0 aliphatic heterocycles. The van der Waals surface area contributed by atoms with Gasteiger partial charge in [0, 0.05) is 40.7 Å². The summed E-state index contributed by atoms with van der Waals surface area (Å²) in [5.41, 5.74) is 11.2. The van der Waals surface area contributed by atoms with E-state index in [9.17, 15) is 0 Å². The van der Waals surface area contributed by atoms with Crippen LogP contribution in [-0.4, -0.2) is 29.1 Å². The van der Waals surface area contributed by atoms with E-state index < -0.39 is 0 Å². The van der Waals surface area contributed by atoms with Gasteiger partial charge in [-0.2, -0.15) is 48.5 Å². The van der Waals surface area contributed by atoms with E-state index in [4.69, 9.17) is 14.4 Å². The number of benzene rings is 5. The van der Waals surface area contributed by atoms with Crippen molar-refractivity contribution >= 4 is 65.7 Å². The molecule has 8 heteroatoms. The Bertz CT molecular complexity index is 3310.